The molecular weight excluding hydrogens is 210 g/mol. The first-order chi connectivity index (χ1) is 8.25. The fraction of sp³-hybridized carbons (Fsp3) is 0.533. The molecule has 0 saturated heterocycles. The van der Waals surface area contributed by atoms with Crippen LogP contribution in [-0.2, 0) is 4.79 Å². The second-order valence-electron chi connectivity index (χ2n) is 5.06. The van der Waals surface area contributed by atoms with Crippen molar-refractivity contribution >= 4 is 5.91 Å². The molecule has 1 saturated carbocycles. The summed E-state index contributed by atoms with van der Waals surface area (Å²) in [7, 11) is 0. The number of amides is 1. The molecule has 92 valence electrons. The van der Waals surface area contributed by atoms with Gasteiger partial charge in [-0.3, -0.25) is 4.79 Å². The van der Waals surface area contributed by atoms with Crippen LogP contribution in [0.15, 0.2) is 30.3 Å². The van der Waals surface area contributed by atoms with Crippen LogP contribution in [0.2, 0.25) is 0 Å². The Kier molecular flexibility index (Phi) is 4.18. The third-order valence-corrected chi connectivity index (χ3v) is 3.58. The van der Waals surface area contributed by atoms with Crippen LogP contribution < -0.4 is 5.32 Å². The third kappa shape index (κ3) is 3.58. The molecule has 0 aromatic heterocycles. The molecule has 1 aromatic rings. The molecule has 1 atom stereocenters. The Hall–Kier alpha value is -1.31. The van der Waals surface area contributed by atoms with Crippen LogP contribution in [0.3, 0.4) is 0 Å². The van der Waals surface area contributed by atoms with E-state index in [0.29, 0.717) is 18.4 Å². The van der Waals surface area contributed by atoms with Crippen molar-refractivity contribution < 1.29 is 4.79 Å². The van der Waals surface area contributed by atoms with Crippen LogP contribution in [0.5, 0.6) is 0 Å². The van der Waals surface area contributed by atoms with Gasteiger partial charge in [0, 0.05) is 12.5 Å². The van der Waals surface area contributed by atoms with E-state index in [0.717, 1.165) is 12.8 Å². The summed E-state index contributed by atoms with van der Waals surface area (Å²) in [5.41, 5.74) is 1.24. The summed E-state index contributed by atoms with van der Waals surface area (Å²) >= 11 is 0. The highest BCUT2D eigenvalue weighted by Crippen LogP contribution is 2.20. The molecule has 2 rings (SSSR count). The van der Waals surface area contributed by atoms with E-state index >= 15 is 0 Å². The second-order valence-corrected chi connectivity index (χ2v) is 5.06. The minimum Gasteiger partial charge on any atom is -0.353 e. The van der Waals surface area contributed by atoms with E-state index in [4.69, 9.17) is 0 Å². The van der Waals surface area contributed by atoms with Crippen molar-refractivity contribution in [3.63, 3.8) is 0 Å². The Morgan fingerprint density at radius 2 is 1.94 bits per heavy atom. The lowest BCUT2D eigenvalue weighted by atomic mass is 9.97. The van der Waals surface area contributed by atoms with Crippen molar-refractivity contribution in [3.8, 4) is 0 Å². The maximum absolute atomic E-state index is 11.9. The molecule has 1 aliphatic carbocycles. The van der Waals surface area contributed by atoms with Crippen LogP contribution in [0, 0.1) is 0 Å². The average molecular weight is 231 g/mol. The van der Waals surface area contributed by atoms with E-state index in [-0.39, 0.29) is 5.91 Å². The van der Waals surface area contributed by atoms with Crippen molar-refractivity contribution in [1.29, 1.82) is 0 Å². The average Bonchev–Trinajstić information content (AvgIpc) is 2.82. The maximum Gasteiger partial charge on any atom is 0.220 e. The topological polar surface area (TPSA) is 29.1 Å². The molecule has 1 aliphatic rings. The molecule has 2 heteroatoms. The molecule has 17 heavy (non-hydrogen) atoms. The minimum absolute atomic E-state index is 0.202. The van der Waals surface area contributed by atoms with Gasteiger partial charge in [-0.1, -0.05) is 50.1 Å². The van der Waals surface area contributed by atoms with Crippen molar-refractivity contribution in [2.75, 3.05) is 0 Å². The van der Waals surface area contributed by atoms with Crippen LogP contribution in [0.1, 0.15) is 50.5 Å². The van der Waals surface area contributed by atoms with Gasteiger partial charge in [0.05, 0.1) is 0 Å². The lowest BCUT2D eigenvalue weighted by Gasteiger charge is -2.15. The van der Waals surface area contributed by atoms with Crippen LogP contribution in [-0.4, -0.2) is 11.9 Å². The highest BCUT2D eigenvalue weighted by Gasteiger charge is 2.18. The Balaban J connectivity index is 1.81. The predicted molar refractivity (Wildman–Crippen MR) is 69.9 cm³/mol. The molecule has 0 unspecified atom stereocenters. The lowest BCUT2D eigenvalue weighted by molar-refractivity contribution is -0.122. The maximum atomic E-state index is 11.9. The van der Waals surface area contributed by atoms with Crippen LogP contribution in [0.25, 0.3) is 0 Å². The summed E-state index contributed by atoms with van der Waals surface area (Å²) in [4.78, 5) is 11.9. The number of carbonyl (C=O) groups is 1. The zero-order valence-corrected chi connectivity index (χ0v) is 10.5. The van der Waals surface area contributed by atoms with Gasteiger partial charge in [0.1, 0.15) is 0 Å². The Labute approximate surface area is 103 Å². The summed E-state index contributed by atoms with van der Waals surface area (Å²) in [6.07, 6.45) is 5.44. The molecule has 1 fully saturated rings. The first-order valence-corrected chi connectivity index (χ1v) is 6.60. The molecular formula is C15H21NO. The largest absolute Gasteiger partial charge is 0.353 e. The zero-order chi connectivity index (χ0) is 12.1. The monoisotopic (exact) mass is 231 g/mol. The number of benzene rings is 1. The smallest absolute Gasteiger partial charge is 0.220 e. The Morgan fingerprint density at radius 3 is 2.59 bits per heavy atom. The minimum atomic E-state index is 0.202. The van der Waals surface area contributed by atoms with Gasteiger partial charge in [-0.15, -0.1) is 0 Å². The molecule has 1 N–H and O–H groups in total. The van der Waals surface area contributed by atoms with Crippen molar-refractivity contribution in [3.05, 3.63) is 35.9 Å². The highest BCUT2D eigenvalue weighted by molar-refractivity contribution is 5.77. The lowest BCUT2D eigenvalue weighted by Crippen LogP contribution is -2.33. The fourth-order valence-electron chi connectivity index (χ4n) is 2.53. The van der Waals surface area contributed by atoms with Gasteiger partial charge in [0.2, 0.25) is 5.91 Å². The standard InChI is InChI=1S/C15H21NO/c1-12(13-7-3-2-4-8-13)11-15(17)16-14-9-5-6-10-14/h2-4,7-8,12,14H,5-6,9-11H2,1H3,(H,16,17)/t12-/m1/s1. The predicted octanol–water partition coefficient (Wildman–Crippen LogP) is 3.24. The zero-order valence-electron chi connectivity index (χ0n) is 10.5. The number of rotatable bonds is 4. The van der Waals surface area contributed by atoms with Gasteiger partial charge < -0.3 is 5.32 Å². The number of carbonyl (C=O) groups excluding carboxylic acids is 1. The van der Waals surface area contributed by atoms with Gasteiger partial charge in [0.25, 0.3) is 0 Å². The van der Waals surface area contributed by atoms with Gasteiger partial charge in [-0.05, 0) is 24.3 Å². The van der Waals surface area contributed by atoms with Crippen molar-refractivity contribution in [2.24, 2.45) is 0 Å². The summed E-state index contributed by atoms with van der Waals surface area (Å²) in [5.74, 6) is 0.505. The molecule has 0 aliphatic heterocycles. The van der Waals surface area contributed by atoms with Gasteiger partial charge >= 0.3 is 0 Å². The van der Waals surface area contributed by atoms with E-state index in [9.17, 15) is 4.79 Å². The van der Waals surface area contributed by atoms with Crippen LogP contribution >= 0.6 is 0 Å². The normalized spacial score (nSPS) is 17.9. The number of hydrogen-bond acceptors (Lipinski definition) is 1. The number of hydrogen-bond donors (Lipinski definition) is 1. The molecule has 0 heterocycles. The molecule has 1 aromatic carbocycles. The third-order valence-electron chi connectivity index (χ3n) is 3.58. The quantitative estimate of drug-likeness (QED) is 0.846. The SMILES string of the molecule is C[C@H](CC(=O)NC1CCCC1)c1ccccc1. The summed E-state index contributed by atoms with van der Waals surface area (Å²) < 4.78 is 0. The molecule has 0 bridgehead atoms. The van der Waals surface area contributed by atoms with E-state index in [1.807, 2.05) is 18.2 Å². The molecule has 0 radical (unpaired) electrons. The van der Waals surface area contributed by atoms with Gasteiger partial charge in [-0.25, -0.2) is 0 Å². The van der Waals surface area contributed by atoms with Crippen molar-refractivity contribution in [1.82, 2.24) is 5.32 Å². The van der Waals surface area contributed by atoms with E-state index in [1.165, 1.54) is 18.4 Å². The fourth-order valence-corrected chi connectivity index (χ4v) is 2.53. The summed E-state index contributed by atoms with van der Waals surface area (Å²) in [6, 6.07) is 10.7. The number of nitrogens with one attached hydrogen (secondary N) is 1. The van der Waals surface area contributed by atoms with Crippen molar-refractivity contribution in [2.45, 2.75) is 51.0 Å². The Morgan fingerprint density at radius 1 is 1.29 bits per heavy atom. The highest BCUT2D eigenvalue weighted by atomic mass is 16.1. The summed E-state index contributed by atoms with van der Waals surface area (Å²) in [5, 5.41) is 3.14. The van der Waals surface area contributed by atoms with E-state index < -0.39 is 0 Å². The first kappa shape index (κ1) is 12.2. The second kappa shape index (κ2) is 5.85. The molecule has 1 amide bonds. The van der Waals surface area contributed by atoms with E-state index in [1.54, 1.807) is 0 Å². The van der Waals surface area contributed by atoms with E-state index in [2.05, 4.69) is 24.4 Å². The molecule has 2 nitrogen and oxygen atoms in total. The van der Waals surface area contributed by atoms with Gasteiger partial charge in [0.15, 0.2) is 0 Å². The molecule has 0 spiro atoms. The van der Waals surface area contributed by atoms with Crippen LogP contribution in [0.4, 0.5) is 0 Å². The van der Waals surface area contributed by atoms with Gasteiger partial charge in [-0.2, -0.15) is 0 Å². The summed E-state index contributed by atoms with van der Waals surface area (Å²) in [6.45, 7) is 2.11. The Bertz CT molecular complexity index is 354. The first-order valence-electron chi connectivity index (χ1n) is 6.60.